The quantitative estimate of drug-likeness (QED) is 0.657. The standard InChI is InChI=1S/C13H13N3.C2H4/c1-10(16-9-14-2)11-7-8-15-13-6-4-3-5-12(11)13;1-2/h3-8,16H,1-2,9H2;1-2H2. The summed E-state index contributed by atoms with van der Waals surface area (Å²) >= 11 is 0. The van der Waals surface area contributed by atoms with E-state index in [1.54, 1.807) is 6.20 Å². The molecule has 0 radical (unpaired) electrons. The molecule has 0 unspecified atom stereocenters. The van der Waals surface area contributed by atoms with Gasteiger partial charge in [0.25, 0.3) is 0 Å². The Balaban J connectivity index is 0.000000771. The van der Waals surface area contributed by atoms with E-state index in [9.17, 15) is 0 Å². The van der Waals surface area contributed by atoms with Gasteiger partial charge in [0.15, 0.2) is 0 Å². The van der Waals surface area contributed by atoms with Gasteiger partial charge < -0.3 is 5.32 Å². The van der Waals surface area contributed by atoms with Crippen LogP contribution in [0.15, 0.2) is 61.3 Å². The highest BCUT2D eigenvalue weighted by Crippen LogP contribution is 2.20. The number of pyridine rings is 1. The molecule has 3 nitrogen and oxygen atoms in total. The smallest absolute Gasteiger partial charge is 0.107 e. The van der Waals surface area contributed by atoms with E-state index < -0.39 is 0 Å². The van der Waals surface area contributed by atoms with E-state index in [0.717, 1.165) is 22.2 Å². The predicted octanol–water partition coefficient (Wildman–Crippen LogP) is 3.26. The van der Waals surface area contributed by atoms with Gasteiger partial charge >= 0.3 is 0 Å². The van der Waals surface area contributed by atoms with Crippen LogP contribution < -0.4 is 5.32 Å². The minimum Gasteiger partial charge on any atom is -0.366 e. The number of aromatic nitrogens is 1. The SMILES string of the molecule is C=C.C=NCNC(=C)c1ccnc2ccccc12. The number of benzene rings is 1. The molecule has 0 fully saturated rings. The van der Waals surface area contributed by atoms with E-state index in [1.165, 1.54) is 0 Å². The predicted molar refractivity (Wildman–Crippen MR) is 79.6 cm³/mol. The first-order valence-electron chi connectivity index (χ1n) is 5.52. The summed E-state index contributed by atoms with van der Waals surface area (Å²) in [5.74, 6) is 0. The van der Waals surface area contributed by atoms with E-state index in [2.05, 4.69) is 41.7 Å². The Morgan fingerprint density at radius 2 is 1.94 bits per heavy atom. The average Bonchev–Trinajstić information content (AvgIpc) is 2.46. The van der Waals surface area contributed by atoms with E-state index in [1.807, 2.05) is 30.3 Å². The first kappa shape index (κ1) is 13.6. The molecule has 0 atom stereocenters. The Bertz CT molecular complexity index is 541. The first-order chi connectivity index (χ1) is 8.83. The molecule has 1 aromatic carbocycles. The largest absolute Gasteiger partial charge is 0.366 e. The molecule has 0 spiro atoms. The topological polar surface area (TPSA) is 37.3 Å². The molecule has 3 heteroatoms. The molecule has 18 heavy (non-hydrogen) atoms. The van der Waals surface area contributed by atoms with Gasteiger partial charge in [-0.3, -0.25) is 9.98 Å². The van der Waals surface area contributed by atoms with Gasteiger partial charge in [-0.1, -0.05) is 24.8 Å². The lowest BCUT2D eigenvalue weighted by Gasteiger charge is -2.09. The molecular weight excluding hydrogens is 222 g/mol. The third-order valence-corrected chi connectivity index (χ3v) is 2.38. The molecule has 0 bridgehead atoms. The van der Waals surface area contributed by atoms with Crippen molar-refractivity contribution in [1.82, 2.24) is 10.3 Å². The highest BCUT2D eigenvalue weighted by atomic mass is 15.0. The molecule has 0 amide bonds. The second-order valence-corrected chi connectivity index (χ2v) is 3.41. The van der Waals surface area contributed by atoms with E-state index >= 15 is 0 Å². The van der Waals surface area contributed by atoms with Crippen LogP contribution in [0, 0.1) is 0 Å². The molecule has 0 aliphatic rings. The number of aliphatic imine (C=N–C) groups is 1. The van der Waals surface area contributed by atoms with Crippen LogP contribution in [0.2, 0.25) is 0 Å². The lowest BCUT2D eigenvalue weighted by atomic mass is 10.1. The van der Waals surface area contributed by atoms with Crippen molar-refractivity contribution in [3.05, 3.63) is 61.8 Å². The minimum absolute atomic E-state index is 0.468. The van der Waals surface area contributed by atoms with Gasteiger partial charge in [-0.2, -0.15) is 0 Å². The Hall–Kier alpha value is -2.42. The van der Waals surface area contributed by atoms with Gasteiger partial charge in [-0.05, 0) is 18.9 Å². The van der Waals surface area contributed by atoms with Crippen LogP contribution in [0.25, 0.3) is 16.6 Å². The summed E-state index contributed by atoms with van der Waals surface area (Å²) in [5, 5.41) is 4.18. The van der Waals surface area contributed by atoms with Crippen LogP contribution >= 0.6 is 0 Å². The number of hydrogen-bond donors (Lipinski definition) is 1. The van der Waals surface area contributed by atoms with Gasteiger partial charge in [0.05, 0.1) is 5.52 Å². The number of nitrogens with zero attached hydrogens (tertiary/aromatic N) is 2. The Morgan fingerprint density at radius 3 is 2.67 bits per heavy atom. The molecule has 1 aromatic heterocycles. The maximum Gasteiger partial charge on any atom is 0.107 e. The number of hydrogen-bond acceptors (Lipinski definition) is 3. The molecule has 2 rings (SSSR count). The summed E-state index contributed by atoms with van der Waals surface area (Å²) < 4.78 is 0. The van der Waals surface area contributed by atoms with Gasteiger partial charge in [0, 0.05) is 22.8 Å². The molecule has 1 N–H and O–H groups in total. The van der Waals surface area contributed by atoms with Crippen LogP contribution in [0.5, 0.6) is 0 Å². The molecular formula is C15H17N3. The normalized spacial score (nSPS) is 9.11. The number of para-hydroxylation sites is 1. The van der Waals surface area contributed by atoms with Crippen molar-refractivity contribution < 1.29 is 0 Å². The summed E-state index contributed by atoms with van der Waals surface area (Å²) in [6, 6.07) is 9.93. The van der Waals surface area contributed by atoms with E-state index in [-0.39, 0.29) is 0 Å². The zero-order valence-corrected chi connectivity index (χ0v) is 10.4. The Labute approximate surface area is 108 Å². The third kappa shape index (κ3) is 3.04. The van der Waals surface area contributed by atoms with Gasteiger partial charge in [0.2, 0.25) is 0 Å². The molecule has 0 aliphatic carbocycles. The zero-order chi connectivity index (χ0) is 13.4. The van der Waals surface area contributed by atoms with Crippen molar-refractivity contribution in [3.63, 3.8) is 0 Å². The van der Waals surface area contributed by atoms with Gasteiger partial charge in [-0.15, -0.1) is 13.2 Å². The summed E-state index contributed by atoms with van der Waals surface area (Å²) in [7, 11) is 0. The average molecular weight is 239 g/mol. The first-order valence-corrected chi connectivity index (χ1v) is 5.52. The van der Waals surface area contributed by atoms with Crippen molar-refractivity contribution in [2.45, 2.75) is 0 Å². The van der Waals surface area contributed by atoms with E-state index in [4.69, 9.17) is 0 Å². The van der Waals surface area contributed by atoms with Crippen LogP contribution in [-0.4, -0.2) is 18.4 Å². The highest BCUT2D eigenvalue weighted by molar-refractivity contribution is 5.90. The molecule has 2 aromatic rings. The van der Waals surface area contributed by atoms with Crippen molar-refractivity contribution in [3.8, 4) is 0 Å². The van der Waals surface area contributed by atoms with Crippen molar-refractivity contribution in [1.29, 1.82) is 0 Å². The summed E-state index contributed by atoms with van der Waals surface area (Å²) in [6.45, 7) is 13.9. The maximum atomic E-state index is 4.30. The van der Waals surface area contributed by atoms with Crippen LogP contribution in [0.1, 0.15) is 5.56 Å². The number of rotatable bonds is 4. The summed E-state index contributed by atoms with van der Waals surface area (Å²) in [5.41, 5.74) is 2.86. The van der Waals surface area contributed by atoms with Crippen molar-refractivity contribution >= 4 is 23.3 Å². The fraction of sp³-hybridized carbons (Fsp3) is 0.0667. The molecule has 92 valence electrons. The summed E-state index contributed by atoms with van der Waals surface area (Å²) in [6.07, 6.45) is 1.78. The molecule has 0 saturated carbocycles. The van der Waals surface area contributed by atoms with Crippen LogP contribution in [0.4, 0.5) is 0 Å². The lowest BCUT2D eigenvalue weighted by molar-refractivity contribution is 0.913. The molecule has 0 saturated heterocycles. The number of nitrogens with one attached hydrogen (secondary N) is 1. The summed E-state index contributed by atoms with van der Waals surface area (Å²) in [4.78, 5) is 8.04. The molecule has 1 heterocycles. The van der Waals surface area contributed by atoms with E-state index in [0.29, 0.717) is 6.67 Å². The zero-order valence-electron chi connectivity index (χ0n) is 10.4. The van der Waals surface area contributed by atoms with Crippen LogP contribution in [0.3, 0.4) is 0 Å². The second kappa shape index (κ2) is 7.01. The lowest BCUT2D eigenvalue weighted by Crippen LogP contribution is -2.11. The van der Waals surface area contributed by atoms with Crippen molar-refractivity contribution in [2.24, 2.45) is 4.99 Å². The third-order valence-electron chi connectivity index (χ3n) is 2.38. The fourth-order valence-corrected chi connectivity index (χ4v) is 1.61. The maximum absolute atomic E-state index is 4.30. The van der Waals surface area contributed by atoms with Gasteiger partial charge in [0.1, 0.15) is 6.67 Å². The minimum atomic E-state index is 0.468. The van der Waals surface area contributed by atoms with Crippen LogP contribution in [-0.2, 0) is 0 Å². The highest BCUT2D eigenvalue weighted by Gasteiger charge is 2.03. The molecule has 0 aliphatic heterocycles. The Morgan fingerprint density at radius 1 is 1.22 bits per heavy atom. The monoisotopic (exact) mass is 239 g/mol. The second-order valence-electron chi connectivity index (χ2n) is 3.41. The number of fused-ring (bicyclic) bond motifs is 1. The van der Waals surface area contributed by atoms with Gasteiger partial charge in [-0.25, -0.2) is 0 Å². The Kier molecular flexibility index (Phi) is 5.32. The fourth-order valence-electron chi connectivity index (χ4n) is 1.61. The van der Waals surface area contributed by atoms with Crippen molar-refractivity contribution in [2.75, 3.05) is 6.67 Å².